The van der Waals surface area contributed by atoms with Gasteiger partial charge in [-0.3, -0.25) is 4.79 Å². The third-order valence-electron chi connectivity index (χ3n) is 3.64. The van der Waals surface area contributed by atoms with E-state index in [2.05, 4.69) is 0 Å². The fourth-order valence-corrected chi connectivity index (χ4v) is 2.66. The maximum absolute atomic E-state index is 11.8. The van der Waals surface area contributed by atoms with Crippen molar-refractivity contribution in [3.8, 4) is 16.9 Å². The molecule has 0 radical (unpaired) electrons. The standard InChI is InChI=1S/C20H16ClNO2/c21-16-8-4-7-15(11-16)18-10-9-17(12-19(18)20(22)23)24-13-14-5-2-1-3-6-14/h1-12H,13H2,(H2,22,23). The molecule has 0 atom stereocenters. The van der Waals surface area contributed by atoms with Crippen molar-refractivity contribution in [2.45, 2.75) is 6.61 Å². The van der Waals surface area contributed by atoms with Crippen LogP contribution < -0.4 is 10.5 Å². The van der Waals surface area contributed by atoms with Gasteiger partial charge < -0.3 is 10.5 Å². The first-order valence-corrected chi connectivity index (χ1v) is 7.88. The quantitative estimate of drug-likeness (QED) is 0.734. The normalized spacial score (nSPS) is 10.4. The summed E-state index contributed by atoms with van der Waals surface area (Å²) in [7, 11) is 0. The van der Waals surface area contributed by atoms with Gasteiger partial charge >= 0.3 is 0 Å². The van der Waals surface area contributed by atoms with E-state index >= 15 is 0 Å². The predicted octanol–water partition coefficient (Wildman–Crippen LogP) is 4.68. The zero-order valence-electron chi connectivity index (χ0n) is 12.9. The Morgan fingerprint density at radius 1 is 0.958 bits per heavy atom. The third kappa shape index (κ3) is 3.76. The Balaban J connectivity index is 1.89. The largest absolute Gasteiger partial charge is 0.489 e. The smallest absolute Gasteiger partial charge is 0.249 e. The number of hydrogen-bond acceptors (Lipinski definition) is 2. The van der Waals surface area contributed by atoms with E-state index in [4.69, 9.17) is 22.1 Å². The highest BCUT2D eigenvalue weighted by Gasteiger charge is 2.12. The molecular formula is C20H16ClNO2. The molecule has 0 aliphatic heterocycles. The number of benzene rings is 3. The van der Waals surface area contributed by atoms with E-state index in [1.165, 1.54) is 0 Å². The summed E-state index contributed by atoms with van der Waals surface area (Å²) in [5.41, 5.74) is 8.57. The summed E-state index contributed by atoms with van der Waals surface area (Å²) in [5.74, 6) is 0.0913. The van der Waals surface area contributed by atoms with Crippen molar-refractivity contribution in [3.05, 3.63) is 88.9 Å². The Morgan fingerprint density at radius 3 is 2.46 bits per heavy atom. The van der Waals surface area contributed by atoms with Crippen LogP contribution in [0.4, 0.5) is 0 Å². The Bertz CT molecular complexity index is 863. The van der Waals surface area contributed by atoms with Crippen molar-refractivity contribution in [2.24, 2.45) is 5.73 Å². The van der Waals surface area contributed by atoms with Crippen molar-refractivity contribution >= 4 is 17.5 Å². The summed E-state index contributed by atoms with van der Waals surface area (Å²) in [5, 5.41) is 0.604. The average molecular weight is 338 g/mol. The highest BCUT2D eigenvalue weighted by atomic mass is 35.5. The lowest BCUT2D eigenvalue weighted by Crippen LogP contribution is -2.12. The van der Waals surface area contributed by atoms with Crippen LogP contribution in [0.5, 0.6) is 5.75 Å². The number of ether oxygens (including phenoxy) is 1. The molecule has 0 bridgehead atoms. The van der Waals surface area contributed by atoms with Crippen LogP contribution in [0.2, 0.25) is 5.02 Å². The lowest BCUT2D eigenvalue weighted by atomic mass is 9.99. The van der Waals surface area contributed by atoms with Crippen molar-refractivity contribution in [3.63, 3.8) is 0 Å². The van der Waals surface area contributed by atoms with E-state index in [1.807, 2.05) is 54.6 Å². The molecule has 0 fully saturated rings. The maximum atomic E-state index is 11.8. The van der Waals surface area contributed by atoms with Gasteiger partial charge in [0.25, 0.3) is 0 Å². The second-order valence-electron chi connectivity index (χ2n) is 5.36. The van der Waals surface area contributed by atoms with E-state index in [0.29, 0.717) is 22.9 Å². The molecule has 4 heteroatoms. The molecular weight excluding hydrogens is 322 g/mol. The van der Waals surface area contributed by atoms with Gasteiger partial charge in [-0.25, -0.2) is 0 Å². The summed E-state index contributed by atoms with van der Waals surface area (Å²) in [6.07, 6.45) is 0. The topological polar surface area (TPSA) is 52.3 Å². The van der Waals surface area contributed by atoms with Crippen molar-refractivity contribution in [2.75, 3.05) is 0 Å². The molecule has 0 saturated heterocycles. The molecule has 0 aliphatic rings. The number of rotatable bonds is 5. The van der Waals surface area contributed by atoms with Gasteiger partial charge in [-0.15, -0.1) is 0 Å². The van der Waals surface area contributed by atoms with Crippen LogP contribution >= 0.6 is 11.6 Å². The minimum atomic E-state index is -0.505. The first-order valence-electron chi connectivity index (χ1n) is 7.50. The molecule has 3 rings (SSSR count). The number of halogens is 1. The van der Waals surface area contributed by atoms with Crippen molar-refractivity contribution in [1.29, 1.82) is 0 Å². The van der Waals surface area contributed by atoms with E-state index in [9.17, 15) is 4.79 Å². The summed E-state index contributed by atoms with van der Waals surface area (Å²) in [4.78, 5) is 11.8. The molecule has 3 aromatic carbocycles. The number of nitrogens with two attached hydrogens (primary N) is 1. The monoisotopic (exact) mass is 337 g/mol. The highest BCUT2D eigenvalue weighted by Crippen LogP contribution is 2.29. The summed E-state index contributed by atoms with van der Waals surface area (Å²) in [6.45, 7) is 0.426. The molecule has 24 heavy (non-hydrogen) atoms. The van der Waals surface area contributed by atoms with Crippen LogP contribution in [0.1, 0.15) is 15.9 Å². The Kier molecular flexibility index (Phi) is 4.82. The number of carbonyl (C=O) groups excluding carboxylic acids is 1. The number of primary amides is 1. The fraction of sp³-hybridized carbons (Fsp3) is 0.0500. The number of carbonyl (C=O) groups is 1. The molecule has 0 aromatic heterocycles. The van der Waals surface area contributed by atoms with Crippen molar-refractivity contribution in [1.82, 2.24) is 0 Å². The molecule has 120 valence electrons. The van der Waals surface area contributed by atoms with Crippen LogP contribution in [-0.2, 0) is 6.61 Å². The molecule has 0 aliphatic carbocycles. The molecule has 2 N–H and O–H groups in total. The Morgan fingerprint density at radius 2 is 1.75 bits per heavy atom. The lowest BCUT2D eigenvalue weighted by molar-refractivity contribution is 0.100. The van der Waals surface area contributed by atoms with Crippen LogP contribution in [-0.4, -0.2) is 5.91 Å². The van der Waals surface area contributed by atoms with Gasteiger partial charge in [-0.2, -0.15) is 0 Å². The van der Waals surface area contributed by atoms with E-state index in [0.717, 1.165) is 16.7 Å². The van der Waals surface area contributed by atoms with Gasteiger partial charge in [-0.1, -0.05) is 54.1 Å². The van der Waals surface area contributed by atoms with Gasteiger partial charge in [0.15, 0.2) is 0 Å². The van der Waals surface area contributed by atoms with Crippen LogP contribution in [0, 0.1) is 0 Å². The molecule has 0 unspecified atom stereocenters. The average Bonchev–Trinajstić information content (AvgIpc) is 2.60. The minimum absolute atomic E-state index is 0.405. The number of amides is 1. The van der Waals surface area contributed by atoms with Crippen LogP contribution in [0.25, 0.3) is 11.1 Å². The summed E-state index contributed by atoms with van der Waals surface area (Å²) < 4.78 is 5.76. The SMILES string of the molecule is NC(=O)c1cc(OCc2ccccc2)ccc1-c1cccc(Cl)c1. The number of hydrogen-bond donors (Lipinski definition) is 1. The summed E-state index contributed by atoms with van der Waals surface area (Å²) in [6, 6.07) is 22.4. The fourth-order valence-electron chi connectivity index (χ4n) is 2.47. The van der Waals surface area contributed by atoms with Gasteiger partial charge in [-0.05, 0) is 47.0 Å². The molecule has 0 spiro atoms. The zero-order chi connectivity index (χ0) is 16.9. The second-order valence-corrected chi connectivity index (χ2v) is 5.79. The first kappa shape index (κ1) is 16.1. The molecule has 3 aromatic rings. The van der Waals surface area contributed by atoms with Gasteiger partial charge in [0.2, 0.25) is 5.91 Å². The van der Waals surface area contributed by atoms with Gasteiger partial charge in [0.1, 0.15) is 12.4 Å². The molecule has 0 saturated carbocycles. The third-order valence-corrected chi connectivity index (χ3v) is 3.88. The van der Waals surface area contributed by atoms with E-state index in [-0.39, 0.29) is 0 Å². The van der Waals surface area contributed by atoms with Gasteiger partial charge in [0.05, 0.1) is 5.56 Å². The Labute approximate surface area is 145 Å². The Hall–Kier alpha value is -2.78. The van der Waals surface area contributed by atoms with E-state index in [1.54, 1.807) is 18.2 Å². The molecule has 0 heterocycles. The maximum Gasteiger partial charge on any atom is 0.249 e. The lowest BCUT2D eigenvalue weighted by Gasteiger charge is -2.11. The zero-order valence-corrected chi connectivity index (χ0v) is 13.7. The van der Waals surface area contributed by atoms with Crippen molar-refractivity contribution < 1.29 is 9.53 Å². The van der Waals surface area contributed by atoms with Crippen LogP contribution in [0.15, 0.2) is 72.8 Å². The predicted molar refractivity (Wildman–Crippen MR) is 96.2 cm³/mol. The second kappa shape index (κ2) is 7.20. The van der Waals surface area contributed by atoms with Crippen LogP contribution in [0.3, 0.4) is 0 Å². The first-order chi connectivity index (χ1) is 11.6. The molecule has 3 nitrogen and oxygen atoms in total. The minimum Gasteiger partial charge on any atom is -0.489 e. The van der Waals surface area contributed by atoms with E-state index < -0.39 is 5.91 Å². The highest BCUT2D eigenvalue weighted by molar-refractivity contribution is 6.30. The van der Waals surface area contributed by atoms with Gasteiger partial charge in [0, 0.05) is 5.02 Å². The molecule has 1 amide bonds. The summed E-state index contributed by atoms with van der Waals surface area (Å²) >= 11 is 6.03.